The minimum atomic E-state index is 0.543. The molecule has 0 amide bonds. The first kappa shape index (κ1) is 13.1. The molecule has 1 heterocycles. The molecule has 0 saturated heterocycles. The first-order valence-electron chi connectivity index (χ1n) is 6.57. The van der Waals surface area contributed by atoms with Crippen molar-refractivity contribution in [3.63, 3.8) is 0 Å². The Morgan fingerprint density at radius 3 is 2.75 bits per heavy atom. The van der Waals surface area contributed by atoms with E-state index in [1.54, 1.807) is 0 Å². The molecule has 0 spiro atoms. The van der Waals surface area contributed by atoms with E-state index in [9.17, 15) is 0 Å². The van der Waals surface area contributed by atoms with Crippen LogP contribution in [0, 0.1) is 6.92 Å². The Kier molecular flexibility index (Phi) is 3.41. The van der Waals surface area contributed by atoms with E-state index in [0.717, 1.165) is 5.75 Å². The zero-order valence-corrected chi connectivity index (χ0v) is 12.3. The summed E-state index contributed by atoms with van der Waals surface area (Å²) in [4.78, 5) is 0. The number of aromatic nitrogens is 1. The molecular formula is C17H16ClNO. The van der Waals surface area contributed by atoms with Gasteiger partial charge in [-0.15, -0.1) is 0 Å². The summed E-state index contributed by atoms with van der Waals surface area (Å²) < 4.78 is 7.99. The quantitative estimate of drug-likeness (QED) is 0.679. The monoisotopic (exact) mass is 285 g/mol. The number of hydrogen-bond acceptors (Lipinski definition) is 1. The number of halogens is 1. The standard InChI is InChI=1S/C17H16ClNO/c1-12-5-3-8-16-13(10-19(2)17(12)16)11-20-15-7-4-6-14(18)9-15/h3-10H,11H2,1-2H3. The molecule has 0 saturated carbocycles. The molecule has 0 bridgehead atoms. The minimum Gasteiger partial charge on any atom is -0.489 e. The van der Waals surface area contributed by atoms with Gasteiger partial charge in [-0.05, 0) is 30.7 Å². The van der Waals surface area contributed by atoms with Crippen LogP contribution >= 0.6 is 11.6 Å². The van der Waals surface area contributed by atoms with E-state index in [4.69, 9.17) is 16.3 Å². The van der Waals surface area contributed by atoms with Gasteiger partial charge < -0.3 is 9.30 Å². The van der Waals surface area contributed by atoms with Gasteiger partial charge in [0, 0.05) is 29.2 Å². The number of hydrogen-bond donors (Lipinski definition) is 0. The second kappa shape index (κ2) is 5.22. The second-order valence-electron chi connectivity index (χ2n) is 4.98. The third-order valence-electron chi connectivity index (χ3n) is 3.48. The first-order valence-corrected chi connectivity index (χ1v) is 6.95. The first-order chi connectivity index (χ1) is 9.65. The molecule has 20 heavy (non-hydrogen) atoms. The maximum atomic E-state index is 5.96. The summed E-state index contributed by atoms with van der Waals surface area (Å²) in [5.41, 5.74) is 3.72. The molecule has 0 aliphatic heterocycles. The van der Waals surface area contributed by atoms with Crippen LogP contribution < -0.4 is 4.74 Å². The molecular weight excluding hydrogens is 270 g/mol. The van der Waals surface area contributed by atoms with Gasteiger partial charge in [0.05, 0.1) is 5.52 Å². The molecule has 3 heteroatoms. The fourth-order valence-electron chi connectivity index (χ4n) is 2.59. The third kappa shape index (κ3) is 2.39. The van der Waals surface area contributed by atoms with Crippen molar-refractivity contribution in [2.24, 2.45) is 7.05 Å². The van der Waals surface area contributed by atoms with E-state index in [0.29, 0.717) is 11.6 Å². The van der Waals surface area contributed by atoms with Crippen molar-refractivity contribution in [3.8, 4) is 5.75 Å². The molecule has 0 aliphatic carbocycles. The smallest absolute Gasteiger partial charge is 0.121 e. The van der Waals surface area contributed by atoms with Crippen LogP contribution in [0.1, 0.15) is 11.1 Å². The molecule has 3 rings (SSSR count). The molecule has 2 aromatic carbocycles. The third-order valence-corrected chi connectivity index (χ3v) is 3.71. The lowest BCUT2D eigenvalue weighted by molar-refractivity contribution is 0.307. The van der Waals surface area contributed by atoms with Crippen LogP contribution in [0.5, 0.6) is 5.75 Å². The van der Waals surface area contributed by atoms with Crippen molar-refractivity contribution in [2.75, 3.05) is 0 Å². The Bertz CT molecular complexity index is 761. The Hall–Kier alpha value is -1.93. The van der Waals surface area contributed by atoms with Crippen molar-refractivity contribution in [3.05, 3.63) is 64.8 Å². The van der Waals surface area contributed by atoms with Crippen molar-refractivity contribution in [2.45, 2.75) is 13.5 Å². The van der Waals surface area contributed by atoms with Crippen LogP contribution in [0.2, 0.25) is 5.02 Å². The molecule has 2 nitrogen and oxygen atoms in total. The van der Waals surface area contributed by atoms with Crippen molar-refractivity contribution < 1.29 is 4.74 Å². The predicted octanol–water partition coefficient (Wildman–Crippen LogP) is 4.72. The van der Waals surface area contributed by atoms with E-state index >= 15 is 0 Å². The van der Waals surface area contributed by atoms with Crippen LogP contribution in [-0.4, -0.2) is 4.57 Å². The van der Waals surface area contributed by atoms with Crippen molar-refractivity contribution in [1.82, 2.24) is 4.57 Å². The number of benzene rings is 2. The summed E-state index contributed by atoms with van der Waals surface area (Å²) in [6, 6.07) is 13.8. The lowest BCUT2D eigenvalue weighted by Crippen LogP contribution is -1.94. The van der Waals surface area contributed by atoms with E-state index in [2.05, 4.69) is 42.9 Å². The predicted molar refractivity (Wildman–Crippen MR) is 83.4 cm³/mol. The van der Waals surface area contributed by atoms with Crippen LogP contribution in [0.4, 0.5) is 0 Å². The molecule has 0 N–H and O–H groups in total. The van der Waals surface area contributed by atoms with E-state index in [1.165, 1.54) is 22.0 Å². The van der Waals surface area contributed by atoms with Gasteiger partial charge in [0.25, 0.3) is 0 Å². The molecule has 0 atom stereocenters. The normalized spacial score (nSPS) is 10.9. The number of ether oxygens (including phenoxy) is 1. The Morgan fingerprint density at radius 2 is 1.95 bits per heavy atom. The summed E-state index contributed by atoms with van der Waals surface area (Å²) in [6.45, 7) is 2.67. The SMILES string of the molecule is Cc1cccc2c(COc3cccc(Cl)c3)cn(C)c12. The van der Waals surface area contributed by atoms with E-state index in [-0.39, 0.29) is 0 Å². The molecule has 102 valence electrons. The van der Waals surface area contributed by atoms with Crippen molar-refractivity contribution >= 4 is 22.5 Å². The van der Waals surface area contributed by atoms with Crippen LogP contribution in [0.25, 0.3) is 10.9 Å². The number of rotatable bonds is 3. The summed E-state index contributed by atoms with van der Waals surface area (Å²) in [5.74, 6) is 0.794. The Labute approximate surface area is 123 Å². The lowest BCUT2D eigenvalue weighted by atomic mass is 10.1. The van der Waals surface area contributed by atoms with Gasteiger partial charge >= 0.3 is 0 Å². The van der Waals surface area contributed by atoms with Gasteiger partial charge in [0.15, 0.2) is 0 Å². The summed E-state index contributed by atoms with van der Waals surface area (Å²) >= 11 is 5.96. The average Bonchev–Trinajstić information content (AvgIpc) is 2.75. The molecule has 0 unspecified atom stereocenters. The highest BCUT2D eigenvalue weighted by molar-refractivity contribution is 6.30. The number of fused-ring (bicyclic) bond motifs is 1. The van der Waals surface area contributed by atoms with Gasteiger partial charge in [-0.3, -0.25) is 0 Å². The maximum absolute atomic E-state index is 5.96. The fraction of sp³-hybridized carbons (Fsp3) is 0.176. The zero-order chi connectivity index (χ0) is 14.1. The summed E-state index contributed by atoms with van der Waals surface area (Å²) in [5, 5.41) is 1.94. The molecule has 0 aliphatic rings. The van der Waals surface area contributed by atoms with Gasteiger partial charge in [0.1, 0.15) is 12.4 Å². The molecule has 1 aromatic heterocycles. The van der Waals surface area contributed by atoms with Crippen LogP contribution in [0.3, 0.4) is 0 Å². The number of para-hydroxylation sites is 1. The molecule has 3 aromatic rings. The highest BCUT2D eigenvalue weighted by Crippen LogP contribution is 2.25. The summed E-state index contributed by atoms with van der Waals surface area (Å²) in [7, 11) is 2.07. The van der Waals surface area contributed by atoms with Crippen molar-refractivity contribution in [1.29, 1.82) is 0 Å². The maximum Gasteiger partial charge on any atom is 0.121 e. The zero-order valence-electron chi connectivity index (χ0n) is 11.6. The Morgan fingerprint density at radius 1 is 1.15 bits per heavy atom. The molecule has 0 fully saturated rings. The lowest BCUT2D eigenvalue weighted by Gasteiger charge is -2.05. The second-order valence-corrected chi connectivity index (χ2v) is 5.42. The van der Waals surface area contributed by atoms with Gasteiger partial charge in [-0.25, -0.2) is 0 Å². The Balaban J connectivity index is 1.90. The fourth-order valence-corrected chi connectivity index (χ4v) is 2.77. The largest absolute Gasteiger partial charge is 0.489 e. The average molecular weight is 286 g/mol. The number of aryl methyl sites for hydroxylation is 2. The van der Waals surface area contributed by atoms with Gasteiger partial charge in [-0.1, -0.05) is 35.9 Å². The minimum absolute atomic E-state index is 0.543. The van der Waals surface area contributed by atoms with Gasteiger partial charge in [-0.2, -0.15) is 0 Å². The number of nitrogens with zero attached hydrogens (tertiary/aromatic N) is 1. The highest BCUT2D eigenvalue weighted by Gasteiger charge is 2.08. The van der Waals surface area contributed by atoms with E-state index in [1.807, 2.05) is 24.3 Å². The van der Waals surface area contributed by atoms with Gasteiger partial charge in [0.2, 0.25) is 0 Å². The summed E-state index contributed by atoms with van der Waals surface area (Å²) in [6.07, 6.45) is 2.13. The van der Waals surface area contributed by atoms with Crippen LogP contribution in [0.15, 0.2) is 48.7 Å². The highest BCUT2D eigenvalue weighted by atomic mass is 35.5. The topological polar surface area (TPSA) is 14.2 Å². The molecule has 0 radical (unpaired) electrons. The van der Waals surface area contributed by atoms with Crippen LogP contribution in [-0.2, 0) is 13.7 Å². The van der Waals surface area contributed by atoms with E-state index < -0.39 is 0 Å².